The maximum atomic E-state index is 14.7. The topological polar surface area (TPSA) is 70.6 Å². The van der Waals surface area contributed by atoms with Gasteiger partial charge in [-0.3, -0.25) is 0 Å². The molecule has 0 spiro atoms. The fraction of sp³-hybridized carbons (Fsp3) is 0.107. The molecule has 0 bridgehead atoms. The highest BCUT2D eigenvalue weighted by molar-refractivity contribution is 6.00. The molecule has 4 rings (SSSR count). The molecule has 2 amide bonds. The van der Waals surface area contributed by atoms with E-state index in [-0.39, 0.29) is 19.0 Å². The maximum Gasteiger partial charge on any atom is 0.323 e. The fourth-order valence-electron chi connectivity index (χ4n) is 3.57. The monoisotopic (exact) mass is 456 g/mol. The first-order valence-corrected chi connectivity index (χ1v) is 11.0. The van der Waals surface area contributed by atoms with Crippen LogP contribution < -0.4 is 15.4 Å². The van der Waals surface area contributed by atoms with E-state index < -0.39 is 11.8 Å². The van der Waals surface area contributed by atoms with E-state index >= 15 is 0 Å². The Hall–Kier alpha value is -4.16. The number of para-hydroxylation sites is 1. The largest absolute Gasteiger partial charge is 0.486 e. The number of halogens is 1. The predicted octanol–water partition coefficient (Wildman–Crippen LogP) is 6.25. The van der Waals surface area contributed by atoms with Gasteiger partial charge >= 0.3 is 6.03 Å². The van der Waals surface area contributed by atoms with E-state index in [9.17, 15) is 14.3 Å². The van der Waals surface area contributed by atoms with Crippen molar-refractivity contribution in [2.24, 2.45) is 0 Å². The van der Waals surface area contributed by atoms with Gasteiger partial charge < -0.3 is 20.5 Å². The highest BCUT2D eigenvalue weighted by Crippen LogP contribution is 2.28. The zero-order valence-corrected chi connectivity index (χ0v) is 18.5. The Morgan fingerprint density at radius 1 is 0.824 bits per heavy atom. The summed E-state index contributed by atoms with van der Waals surface area (Å²) in [5, 5.41) is 14.8. The van der Waals surface area contributed by atoms with Gasteiger partial charge in [-0.15, -0.1) is 0 Å². The van der Waals surface area contributed by atoms with E-state index in [1.54, 1.807) is 36.4 Å². The molecule has 0 aliphatic heterocycles. The van der Waals surface area contributed by atoms with Crippen LogP contribution in [0.25, 0.3) is 11.1 Å². The number of carbonyl (C=O) groups excluding carboxylic acids is 1. The molecule has 0 aliphatic carbocycles. The van der Waals surface area contributed by atoms with E-state index in [2.05, 4.69) is 10.6 Å². The van der Waals surface area contributed by atoms with Crippen molar-refractivity contribution in [1.82, 2.24) is 0 Å². The van der Waals surface area contributed by atoms with Crippen LogP contribution in [0.1, 0.15) is 11.1 Å². The highest BCUT2D eigenvalue weighted by atomic mass is 19.1. The summed E-state index contributed by atoms with van der Waals surface area (Å²) < 4.78 is 20.3. The van der Waals surface area contributed by atoms with Gasteiger partial charge in [0.05, 0.1) is 0 Å². The third-order valence-electron chi connectivity index (χ3n) is 5.27. The summed E-state index contributed by atoms with van der Waals surface area (Å²) >= 11 is 0. The van der Waals surface area contributed by atoms with Crippen molar-refractivity contribution in [2.75, 3.05) is 17.2 Å². The molecule has 0 aliphatic rings. The molecule has 172 valence electrons. The summed E-state index contributed by atoms with van der Waals surface area (Å²) in [7, 11) is 0. The lowest BCUT2D eigenvalue weighted by Crippen LogP contribution is -2.20. The van der Waals surface area contributed by atoms with Crippen LogP contribution in [0.5, 0.6) is 5.75 Å². The third kappa shape index (κ3) is 5.99. The minimum atomic E-state index is -0.454. The summed E-state index contributed by atoms with van der Waals surface area (Å²) in [6.45, 7) is 0.280. The van der Waals surface area contributed by atoms with Crippen LogP contribution in [0.15, 0.2) is 97.1 Å². The molecule has 34 heavy (non-hydrogen) atoms. The first-order chi connectivity index (χ1) is 16.6. The summed E-state index contributed by atoms with van der Waals surface area (Å²) in [5.41, 5.74) is 4.44. The number of hydrogen-bond acceptors (Lipinski definition) is 3. The number of amides is 2. The number of benzene rings is 4. The number of urea groups is 1. The molecule has 6 heteroatoms. The Morgan fingerprint density at radius 2 is 1.59 bits per heavy atom. The van der Waals surface area contributed by atoms with Crippen LogP contribution in [0.4, 0.5) is 20.6 Å². The number of nitrogens with one attached hydrogen (secondary N) is 2. The molecule has 0 saturated carbocycles. The van der Waals surface area contributed by atoms with Crippen molar-refractivity contribution in [3.8, 4) is 16.9 Å². The Kier molecular flexibility index (Phi) is 7.53. The van der Waals surface area contributed by atoms with Gasteiger partial charge in [0.1, 0.15) is 6.61 Å². The van der Waals surface area contributed by atoms with Gasteiger partial charge in [-0.1, -0.05) is 66.7 Å². The van der Waals surface area contributed by atoms with Gasteiger partial charge in [-0.25, -0.2) is 9.18 Å². The second kappa shape index (κ2) is 11.1. The van der Waals surface area contributed by atoms with Gasteiger partial charge in [-0.2, -0.15) is 0 Å². The molecule has 0 heterocycles. The van der Waals surface area contributed by atoms with Crippen molar-refractivity contribution in [2.45, 2.75) is 13.0 Å². The van der Waals surface area contributed by atoms with Gasteiger partial charge in [-0.05, 0) is 59.0 Å². The lowest BCUT2D eigenvalue weighted by molar-refractivity contribution is 0.262. The quantitative estimate of drug-likeness (QED) is 0.293. The van der Waals surface area contributed by atoms with E-state index in [0.717, 1.165) is 16.7 Å². The van der Waals surface area contributed by atoms with Crippen LogP contribution in [0, 0.1) is 5.82 Å². The Labute approximate surface area is 197 Å². The van der Waals surface area contributed by atoms with Crippen molar-refractivity contribution in [1.29, 1.82) is 0 Å². The van der Waals surface area contributed by atoms with Crippen LogP contribution in [-0.4, -0.2) is 17.7 Å². The molecule has 0 unspecified atom stereocenters. The van der Waals surface area contributed by atoms with Gasteiger partial charge in [0.25, 0.3) is 0 Å². The molecule has 0 radical (unpaired) electrons. The summed E-state index contributed by atoms with van der Waals surface area (Å²) in [6.07, 6.45) is 0.447. The average Bonchev–Trinajstić information content (AvgIpc) is 2.85. The molecule has 0 aromatic heterocycles. The second-order valence-electron chi connectivity index (χ2n) is 7.71. The Morgan fingerprint density at radius 3 is 2.38 bits per heavy atom. The number of aliphatic hydroxyl groups is 1. The lowest BCUT2D eigenvalue weighted by atomic mass is 10.0. The minimum Gasteiger partial charge on any atom is -0.486 e. The van der Waals surface area contributed by atoms with Gasteiger partial charge in [0, 0.05) is 18.0 Å². The summed E-state index contributed by atoms with van der Waals surface area (Å²) in [5.74, 6) is -0.271. The van der Waals surface area contributed by atoms with Gasteiger partial charge in [0.2, 0.25) is 0 Å². The van der Waals surface area contributed by atoms with Crippen LogP contribution in [0.2, 0.25) is 0 Å². The number of anilines is 2. The number of aliphatic hydroxyl groups excluding tert-OH is 1. The molecular formula is C28H25FN2O3. The first-order valence-electron chi connectivity index (χ1n) is 11.0. The molecule has 0 atom stereocenters. The normalized spacial score (nSPS) is 10.5. The molecule has 3 N–H and O–H groups in total. The summed E-state index contributed by atoms with van der Waals surface area (Å²) in [4.78, 5) is 12.5. The Balaban J connectivity index is 1.43. The zero-order chi connectivity index (χ0) is 23.8. The van der Waals surface area contributed by atoms with E-state index in [0.29, 0.717) is 23.4 Å². The number of rotatable bonds is 8. The number of hydrogen-bond donors (Lipinski definition) is 3. The number of carbonyl (C=O) groups is 1. The van der Waals surface area contributed by atoms with Crippen molar-refractivity contribution in [3.63, 3.8) is 0 Å². The molecule has 0 saturated heterocycles. The van der Waals surface area contributed by atoms with E-state index in [4.69, 9.17) is 4.74 Å². The Bertz CT molecular complexity index is 1260. The minimum absolute atomic E-state index is 0.00496. The predicted molar refractivity (Wildman–Crippen MR) is 132 cm³/mol. The fourth-order valence-corrected chi connectivity index (χ4v) is 3.57. The van der Waals surface area contributed by atoms with Crippen LogP contribution in [0.3, 0.4) is 0 Å². The van der Waals surface area contributed by atoms with Crippen molar-refractivity contribution in [3.05, 3.63) is 114 Å². The lowest BCUT2D eigenvalue weighted by Gasteiger charge is -2.12. The van der Waals surface area contributed by atoms with Crippen LogP contribution in [-0.2, 0) is 13.0 Å². The molecule has 5 nitrogen and oxygen atoms in total. The molecule has 0 fully saturated rings. The van der Waals surface area contributed by atoms with E-state index in [1.165, 1.54) is 6.07 Å². The molecule has 4 aromatic carbocycles. The smallest absolute Gasteiger partial charge is 0.323 e. The van der Waals surface area contributed by atoms with Crippen molar-refractivity contribution >= 4 is 17.4 Å². The second-order valence-corrected chi connectivity index (χ2v) is 7.71. The first kappa shape index (κ1) is 23.0. The average molecular weight is 457 g/mol. The number of ether oxygens (including phenoxy) is 1. The molecule has 4 aromatic rings. The highest BCUT2D eigenvalue weighted by Gasteiger charge is 2.10. The zero-order valence-electron chi connectivity index (χ0n) is 18.5. The maximum absolute atomic E-state index is 14.7. The molecular weight excluding hydrogens is 431 g/mol. The van der Waals surface area contributed by atoms with Crippen molar-refractivity contribution < 1.29 is 19.0 Å². The summed E-state index contributed by atoms with van der Waals surface area (Å²) in [6, 6.07) is 28.5. The standard InChI is InChI=1S/C28H25FN2O3/c29-25-18-23(13-14-27(25)34-19-20-7-2-1-3-8-20)22-10-6-11-24(17-22)30-28(33)31-26-12-5-4-9-21(26)15-16-32/h1-14,17-18,32H,15-16,19H2,(H2,30,31,33). The third-order valence-corrected chi connectivity index (χ3v) is 5.27. The van der Waals surface area contributed by atoms with E-state index in [1.807, 2.05) is 54.6 Å². The SMILES string of the molecule is O=C(Nc1cccc(-c2ccc(OCc3ccccc3)c(F)c2)c1)Nc1ccccc1CCO. The van der Waals surface area contributed by atoms with Crippen LogP contribution >= 0.6 is 0 Å². The van der Waals surface area contributed by atoms with Gasteiger partial charge in [0.15, 0.2) is 11.6 Å².